The maximum atomic E-state index is 13.1. The van der Waals surface area contributed by atoms with Gasteiger partial charge in [-0.15, -0.1) is 0 Å². The summed E-state index contributed by atoms with van der Waals surface area (Å²) in [4.78, 5) is 4.15. The van der Waals surface area contributed by atoms with Crippen molar-refractivity contribution in [1.29, 1.82) is 0 Å². The van der Waals surface area contributed by atoms with Crippen LogP contribution in [0.3, 0.4) is 0 Å². The van der Waals surface area contributed by atoms with Gasteiger partial charge in [0.25, 0.3) is 0 Å². The van der Waals surface area contributed by atoms with Crippen molar-refractivity contribution in [3.63, 3.8) is 0 Å². The van der Waals surface area contributed by atoms with E-state index in [4.69, 9.17) is 4.42 Å². The number of oxazole rings is 1. The van der Waals surface area contributed by atoms with E-state index in [9.17, 15) is 12.8 Å². The van der Waals surface area contributed by atoms with Crippen LogP contribution >= 0.6 is 0 Å². The molecule has 0 aliphatic carbocycles. The minimum atomic E-state index is -3.66. The topological polar surface area (TPSA) is 72.2 Å². The van der Waals surface area contributed by atoms with E-state index in [1.54, 1.807) is 13.0 Å². The fraction of sp³-hybridized carbons (Fsp3) is 0.188. The number of sulfonamides is 1. The predicted molar refractivity (Wildman–Crippen MR) is 84.0 cm³/mol. The van der Waals surface area contributed by atoms with Gasteiger partial charge in [-0.05, 0) is 54.8 Å². The van der Waals surface area contributed by atoms with Gasteiger partial charge in [-0.1, -0.05) is 6.07 Å². The molecule has 1 aromatic heterocycles. The lowest BCUT2D eigenvalue weighted by Crippen LogP contribution is -2.26. The zero-order valence-corrected chi connectivity index (χ0v) is 13.2. The summed E-state index contributed by atoms with van der Waals surface area (Å²) in [6.07, 6.45) is 1.89. The first-order valence-corrected chi connectivity index (χ1v) is 8.52. The predicted octanol–water partition coefficient (Wildman–Crippen LogP) is 2.80. The standard InChI is InChI=1S/C16H15FN2O3S/c1-11-8-13(17)3-5-16(11)23(20,21)19-7-6-12-2-4-15-14(9-12)18-10-22-15/h2-5,8-10,19H,6-7H2,1H3. The second kappa shape index (κ2) is 6.10. The van der Waals surface area contributed by atoms with Gasteiger partial charge >= 0.3 is 0 Å². The molecule has 0 bridgehead atoms. The van der Waals surface area contributed by atoms with Gasteiger partial charge in [0.05, 0.1) is 4.90 Å². The van der Waals surface area contributed by atoms with Crippen LogP contribution in [0.4, 0.5) is 4.39 Å². The Hall–Kier alpha value is -2.25. The summed E-state index contributed by atoms with van der Waals surface area (Å²) in [5, 5.41) is 0. The lowest BCUT2D eigenvalue weighted by molar-refractivity contribution is 0.579. The van der Waals surface area contributed by atoms with E-state index in [2.05, 4.69) is 9.71 Å². The van der Waals surface area contributed by atoms with Crippen LogP contribution in [0.2, 0.25) is 0 Å². The lowest BCUT2D eigenvalue weighted by atomic mass is 10.1. The smallest absolute Gasteiger partial charge is 0.240 e. The second-order valence-corrected chi connectivity index (χ2v) is 6.95. The molecule has 1 N–H and O–H groups in total. The Morgan fingerprint density at radius 1 is 1.22 bits per heavy atom. The van der Waals surface area contributed by atoms with E-state index < -0.39 is 15.8 Å². The molecule has 0 amide bonds. The van der Waals surface area contributed by atoms with Crippen molar-refractivity contribution < 1.29 is 17.2 Å². The summed E-state index contributed by atoms with van der Waals surface area (Å²) in [5.74, 6) is -0.456. The van der Waals surface area contributed by atoms with Crippen molar-refractivity contribution >= 4 is 21.1 Å². The molecule has 0 spiro atoms. The van der Waals surface area contributed by atoms with E-state index in [-0.39, 0.29) is 11.4 Å². The van der Waals surface area contributed by atoms with Crippen LogP contribution in [0.5, 0.6) is 0 Å². The van der Waals surface area contributed by atoms with Crippen molar-refractivity contribution in [2.24, 2.45) is 0 Å². The number of benzene rings is 2. The SMILES string of the molecule is Cc1cc(F)ccc1S(=O)(=O)NCCc1ccc2ocnc2c1. The Bertz CT molecular complexity index is 951. The molecular weight excluding hydrogens is 319 g/mol. The average Bonchev–Trinajstić information content (AvgIpc) is 2.94. The van der Waals surface area contributed by atoms with Crippen molar-refractivity contribution in [3.8, 4) is 0 Å². The van der Waals surface area contributed by atoms with Crippen LogP contribution in [0, 0.1) is 12.7 Å². The molecule has 0 aliphatic heterocycles. The molecule has 0 radical (unpaired) electrons. The maximum absolute atomic E-state index is 13.1. The van der Waals surface area contributed by atoms with Gasteiger partial charge in [0, 0.05) is 6.54 Å². The Balaban J connectivity index is 1.69. The highest BCUT2D eigenvalue weighted by Crippen LogP contribution is 2.17. The zero-order valence-electron chi connectivity index (χ0n) is 12.4. The quantitative estimate of drug-likeness (QED) is 0.779. The Kier molecular flexibility index (Phi) is 4.14. The maximum Gasteiger partial charge on any atom is 0.240 e. The number of fused-ring (bicyclic) bond motifs is 1. The fourth-order valence-electron chi connectivity index (χ4n) is 2.38. The number of nitrogens with one attached hydrogen (secondary N) is 1. The van der Waals surface area contributed by atoms with Gasteiger partial charge in [0.15, 0.2) is 12.0 Å². The molecule has 1 heterocycles. The van der Waals surface area contributed by atoms with Crippen molar-refractivity contribution in [3.05, 3.63) is 59.7 Å². The largest absolute Gasteiger partial charge is 0.443 e. The summed E-state index contributed by atoms with van der Waals surface area (Å²) in [7, 11) is -3.66. The van der Waals surface area contributed by atoms with Gasteiger partial charge in [-0.2, -0.15) is 0 Å². The average molecular weight is 334 g/mol. The summed E-state index contributed by atoms with van der Waals surface area (Å²) in [6.45, 7) is 1.80. The van der Waals surface area contributed by atoms with Crippen LogP contribution in [-0.2, 0) is 16.4 Å². The molecule has 7 heteroatoms. The van der Waals surface area contributed by atoms with Crippen molar-refractivity contribution in [2.45, 2.75) is 18.2 Å². The molecule has 5 nitrogen and oxygen atoms in total. The van der Waals surface area contributed by atoms with Crippen LogP contribution < -0.4 is 4.72 Å². The number of hydrogen-bond acceptors (Lipinski definition) is 4. The molecule has 3 rings (SSSR count). The van der Waals surface area contributed by atoms with Crippen molar-refractivity contribution in [1.82, 2.24) is 9.71 Å². The number of halogens is 1. The highest BCUT2D eigenvalue weighted by atomic mass is 32.2. The van der Waals surface area contributed by atoms with Gasteiger partial charge in [0.2, 0.25) is 10.0 Å². The normalized spacial score (nSPS) is 11.9. The van der Waals surface area contributed by atoms with Gasteiger partial charge < -0.3 is 4.42 Å². The first kappa shape index (κ1) is 15.6. The minimum Gasteiger partial charge on any atom is -0.443 e. The molecule has 2 aromatic carbocycles. The molecule has 0 fully saturated rings. The summed E-state index contributed by atoms with van der Waals surface area (Å²) in [5.41, 5.74) is 2.75. The van der Waals surface area contributed by atoms with E-state index in [0.29, 0.717) is 17.6 Å². The third kappa shape index (κ3) is 3.40. The molecule has 0 atom stereocenters. The van der Waals surface area contributed by atoms with Gasteiger partial charge in [0.1, 0.15) is 11.3 Å². The Morgan fingerprint density at radius 3 is 2.83 bits per heavy atom. The van der Waals surface area contributed by atoms with E-state index in [0.717, 1.165) is 17.1 Å². The molecule has 120 valence electrons. The zero-order chi connectivity index (χ0) is 16.4. The minimum absolute atomic E-state index is 0.0888. The first-order valence-electron chi connectivity index (χ1n) is 7.04. The molecule has 0 aliphatic rings. The van der Waals surface area contributed by atoms with Crippen LogP contribution in [0.25, 0.3) is 11.1 Å². The molecule has 0 saturated carbocycles. The monoisotopic (exact) mass is 334 g/mol. The van der Waals surface area contributed by atoms with E-state index in [1.165, 1.54) is 18.5 Å². The highest BCUT2D eigenvalue weighted by Gasteiger charge is 2.16. The van der Waals surface area contributed by atoms with Crippen LogP contribution in [0.15, 0.2) is 52.1 Å². The summed E-state index contributed by atoms with van der Waals surface area (Å²) < 4.78 is 45.3. The Labute approximate surface area is 133 Å². The molecule has 23 heavy (non-hydrogen) atoms. The summed E-state index contributed by atoms with van der Waals surface area (Å²) >= 11 is 0. The fourth-order valence-corrected chi connectivity index (χ4v) is 3.64. The third-order valence-corrected chi connectivity index (χ3v) is 5.15. The number of aromatic nitrogens is 1. The number of rotatable bonds is 5. The molecule has 3 aromatic rings. The second-order valence-electron chi connectivity index (χ2n) is 5.21. The lowest BCUT2D eigenvalue weighted by Gasteiger charge is -2.09. The Morgan fingerprint density at radius 2 is 2.04 bits per heavy atom. The molecule has 0 saturated heterocycles. The van der Waals surface area contributed by atoms with Gasteiger partial charge in [-0.25, -0.2) is 22.5 Å². The first-order chi connectivity index (χ1) is 11.0. The molecular formula is C16H15FN2O3S. The van der Waals surface area contributed by atoms with E-state index >= 15 is 0 Å². The third-order valence-electron chi connectivity index (χ3n) is 3.53. The van der Waals surface area contributed by atoms with Crippen molar-refractivity contribution in [2.75, 3.05) is 6.54 Å². The van der Waals surface area contributed by atoms with Crippen LogP contribution in [0.1, 0.15) is 11.1 Å². The van der Waals surface area contributed by atoms with E-state index in [1.807, 2.05) is 12.1 Å². The highest BCUT2D eigenvalue weighted by molar-refractivity contribution is 7.89. The number of aryl methyl sites for hydroxylation is 1. The van der Waals surface area contributed by atoms with Gasteiger partial charge in [-0.3, -0.25) is 0 Å². The number of nitrogens with zero attached hydrogens (tertiary/aromatic N) is 1. The summed E-state index contributed by atoms with van der Waals surface area (Å²) in [6, 6.07) is 9.14. The number of hydrogen-bond donors (Lipinski definition) is 1. The van der Waals surface area contributed by atoms with Crippen LogP contribution in [-0.4, -0.2) is 19.9 Å². The molecule has 0 unspecified atom stereocenters.